The summed E-state index contributed by atoms with van der Waals surface area (Å²) < 4.78 is 8.79. The number of thiocarbonyl (C=S) groups is 1. The maximum atomic E-state index is 13.6. The van der Waals surface area contributed by atoms with Crippen LogP contribution in [0.3, 0.4) is 0 Å². The number of carbonyl (C=O) groups excluding carboxylic acids is 1. The van der Waals surface area contributed by atoms with Gasteiger partial charge in [-0.05, 0) is 73.0 Å². The van der Waals surface area contributed by atoms with E-state index in [0.29, 0.717) is 18.2 Å². The van der Waals surface area contributed by atoms with Crippen LogP contribution < -0.4 is 5.56 Å². The van der Waals surface area contributed by atoms with Crippen molar-refractivity contribution in [2.75, 3.05) is 20.2 Å². The maximum absolute atomic E-state index is 13.6. The molecule has 41 heavy (non-hydrogen) atoms. The van der Waals surface area contributed by atoms with Crippen molar-refractivity contribution >= 4 is 40.9 Å². The molecule has 0 N–H and O–H groups in total. The van der Waals surface area contributed by atoms with Crippen molar-refractivity contribution in [2.24, 2.45) is 16.8 Å². The van der Waals surface area contributed by atoms with Crippen molar-refractivity contribution in [1.82, 2.24) is 29.7 Å². The van der Waals surface area contributed by atoms with Gasteiger partial charge in [0.15, 0.2) is 0 Å². The summed E-state index contributed by atoms with van der Waals surface area (Å²) in [6, 6.07) is 8.95. The van der Waals surface area contributed by atoms with E-state index in [9.17, 15) is 9.59 Å². The number of hydrogen-bond acceptors (Lipinski definition) is 9. The number of esters is 1. The zero-order valence-corrected chi connectivity index (χ0v) is 25.0. The summed E-state index contributed by atoms with van der Waals surface area (Å²) in [4.78, 5) is 33.2. The first-order chi connectivity index (χ1) is 19.7. The van der Waals surface area contributed by atoms with Gasteiger partial charge in [0.2, 0.25) is 0 Å². The van der Waals surface area contributed by atoms with Crippen LogP contribution in [0, 0.1) is 11.8 Å². The van der Waals surface area contributed by atoms with E-state index in [4.69, 9.17) is 33.5 Å². The predicted octanol–water partition coefficient (Wildman–Crippen LogP) is 4.11. The van der Waals surface area contributed by atoms with E-state index in [1.54, 1.807) is 29.1 Å². The molecule has 0 spiro atoms. The monoisotopic (exact) mass is 593 g/mol. The normalized spacial score (nSPS) is 19.8. The summed E-state index contributed by atoms with van der Waals surface area (Å²) in [5.41, 5.74) is 4.62. The Morgan fingerprint density at radius 2 is 2.05 bits per heavy atom. The molecule has 1 aromatic carbocycles. The Labute approximate surface area is 248 Å². The Kier molecular flexibility index (Phi) is 8.58. The second-order valence-electron chi connectivity index (χ2n) is 10.9. The Balaban J connectivity index is 1.43. The highest BCUT2D eigenvalue weighted by molar-refractivity contribution is 7.79. The molecule has 0 aliphatic carbocycles. The number of carbonyl (C=O) groups is 1. The van der Waals surface area contributed by atoms with E-state index < -0.39 is 5.92 Å². The third-order valence-electron chi connectivity index (χ3n) is 7.34. The van der Waals surface area contributed by atoms with E-state index in [0.717, 1.165) is 46.6 Å². The largest absolute Gasteiger partial charge is 0.465 e. The topological polar surface area (TPSA) is 108 Å². The second kappa shape index (κ2) is 12.1. The minimum atomic E-state index is -0.451. The molecule has 3 atom stereocenters. The number of aromatic nitrogens is 5. The van der Waals surface area contributed by atoms with E-state index in [2.05, 4.69) is 20.4 Å². The second-order valence-corrected chi connectivity index (χ2v) is 11.6. The van der Waals surface area contributed by atoms with Crippen LogP contribution in [0.5, 0.6) is 0 Å². The molecule has 2 aromatic heterocycles. The van der Waals surface area contributed by atoms with Crippen LogP contribution in [-0.4, -0.2) is 73.1 Å². The lowest BCUT2D eigenvalue weighted by Crippen LogP contribution is -2.37. The van der Waals surface area contributed by atoms with E-state index in [-0.39, 0.29) is 29.7 Å². The van der Waals surface area contributed by atoms with Crippen molar-refractivity contribution in [3.05, 3.63) is 69.4 Å². The predicted molar refractivity (Wildman–Crippen MR) is 162 cm³/mol. The summed E-state index contributed by atoms with van der Waals surface area (Å²) in [5, 5.41) is 13.6. The lowest BCUT2D eigenvalue weighted by atomic mass is 10.0. The van der Waals surface area contributed by atoms with Gasteiger partial charge in [-0.15, -0.1) is 5.10 Å². The Morgan fingerprint density at radius 3 is 2.76 bits per heavy atom. The van der Waals surface area contributed by atoms with Gasteiger partial charge < -0.3 is 9.30 Å². The molecule has 0 amide bonds. The standard InChI is InChI=1S/C29H32ClN7O3S/c1-17(2)14-40-29(39)18(3)9-20(15-41)24-13-35(4)28(32-24)26-8-6-22-10-19(11-27(38)37(22)26)23-12-21(30)5-7-25(23)36-16-31-33-34-36/h5,7,9-12,15-18,26,28H,6,8,13-14H2,1-4H3/b20-9+. The van der Waals surface area contributed by atoms with E-state index >= 15 is 0 Å². The molecule has 0 radical (unpaired) electrons. The smallest absolute Gasteiger partial charge is 0.312 e. The number of pyridine rings is 1. The van der Waals surface area contributed by atoms with Gasteiger partial charge in [0.1, 0.15) is 12.5 Å². The van der Waals surface area contributed by atoms with Gasteiger partial charge in [-0.25, -0.2) is 0 Å². The maximum Gasteiger partial charge on any atom is 0.312 e. The number of rotatable bonds is 9. The Bertz CT molecular complexity index is 1580. The van der Waals surface area contributed by atoms with E-state index in [1.165, 1.54) is 6.33 Å². The first kappa shape index (κ1) is 29.0. The number of nitrogens with zero attached hydrogens (tertiary/aromatic N) is 7. The fourth-order valence-corrected chi connectivity index (χ4v) is 5.76. The third kappa shape index (κ3) is 6.07. The highest BCUT2D eigenvalue weighted by atomic mass is 35.5. The zero-order chi connectivity index (χ0) is 29.3. The number of hydrogen-bond donors (Lipinski definition) is 0. The fourth-order valence-electron chi connectivity index (χ4n) is 5.37. The molecular formula is C29H32ClN7O3S. The number of benzene rings is 1. The fraction of sp³-hybridized carbons (Fsp3) is 0.414. The molecule has 2 aliphatic rings. The van der Waals surface area contributed by atoms with Crippen LogP contribution >= 0.6 is 23.8 Å². The first-order valence-corrected chi connectivity index (χ1v) is 14.4. The Hall–Kier alpha value is -3.54. The number of fused-ring (bicyclic) bond motifs is 1. The van der Waals surface area contributed by atoms with Gasteiger partial charge in [-0.2, -0.15) is 4.68 Å². The van der Waals surface area contributed by atoms with Crippen molar-refractivity contribution in [3.8, 4) is 16.8 Å². The number of ether oxygens (including phenoxy) is 1. The summed E-state index contributed by atoms with van der Waals surface area (Å²) in [5.74, 6) is -0.472. The van der Waals surface area contributed by atoms with Gasteiger partial charge in [0, 0.05) is 39.8 Å². The lowest BCUT2D eigenvalue weighted by Gasteiger charge is -2.25. The molecule has 3 aromatic rings. The third-order valence-corrected chi connectivity index (χ3v) is 7.83. The molecule has 0 bridgehead atoms. The highest BCUT2D eigenvalue weighted by Crippen LogP contribution is 2.35. The van der Waals surface area contributed by atoms with Crippen molar-refractivity contribution in [1.29, 1.82) is 0 Å². The minimum absolute atomic E-state index is 0.105. The molecule has 12 heteroatoms. The summed E-state index contributed by atoms with van der Waals surface area (Å²) in [6.07, 6.45) is 4.60. The highest BCUT2D eigenvalue weighted by Gasteiger charge is 2.37. The average Bonchev–Trinajstić information content (AvgIpc) is 3.70. The average molecular weight is 594 g/mol. The Morgan fingerprint density at radius 1 is 1.24 bits per heavy atom. The molecule has 0 fully saturated rings. The van der Waals surface area contributed by atoms with Gasteiger partial charge in [-0.3, -0.25) is 19.5 Å². The molecule has 5 rings (SSSR count). The van der Waals surface area contributed by atoms with Crippen LogP contribution in [-0.2, 0) is 16.0 Å². The van der Waals surface area contributed by atoms with Gasteiger partial charge in [0.05, 0.1) is 30.0 Å². The minimum Gasteiger partial charge on any atom is -0.465 e. The summed E-state index contributed by atoms with van der Waals surface area (Å²) in [7, 11) is 1.99. The van der Waals surface area contributed by atoms with Gasteiger partial charge >= 0.3 is 5.97 Å². The van der Waals surface area contributed by atoms with Crippen molar-refractivity contribution in [3.63, 3.8) is 0 Å². The van der Waals surface area contributed by atoms with Crippen LogP contribution in [0.4, 0.5) is 0 Å². The quantitative estimate of drug-likeness (QED) is 0.207. The molecule has 0 saturated heterocycles. The van der Waals surface area contributed by atoms with Crippen LogP contribution in [0.25, 0.3) is 16.8 Å². The number of aryl methyl sites for hydroxylation is 1. The van der Waals surface area contributed by atoms with Crippen molar-refractivity contribution < 1.29 is 9.53 Å². The number of tetrazole rings is 1. The number of likely N-dealkylation sites (N-methyl/N-ethyl adjacent to an activating group) is 1. The first-order valence-electron chi connectivity index (χ1n) is 13.6. The molecular weight excluding hydrogens is 562 g/mol. The van der Waals surface area contributed by atoms with Crippen LogP contribution in [0.15, 0.2) is 58.1 Å². The molecule has 10 nitrogen and oxygen atoms in total. The summed E-state index contributed by atoms with van der Waals surface area (Å²) in [6.45, 7) is 6.74. The number of aliphatic imine (C=N–C) groups is 1. The zero-order valence-electron chi connectivity index (χ0n) is 23.4. The lowest BCUT2D eigenvalue weighted by molar-refractivity contribution is -0.147. The van der Waals surface area contributed by atoms with Gasteiger partial charge in [-0.1, -0.05) is 43.7 Å². The van der Waals surface area contributed by atoms with E-state index in [1.807, 2.05) is 49.7 Å². The molecule has 4 heterocycles. The molecule has 0 saturated carbocycles. The number of halogens is 1. The van der Waals surface area contributed by atoms with Gasteiger partial charge in [0.25, 0.3) is 5.56 Å². The molecule has 2 aliphatic heterocycles. The molecule has 214 valence electrons. The van der Waals surface area contributed by atoms with Crippen LogP contribution in [0.2, 0.25) is 5.02 Å². The van der Waals surface area contributed by atoms with Crippen molar-refractivity contribution in [2.45, 2.75) is 45.8 Å². The molecule has 3 unspecified atom stereocenters. The SMILES string of the molecule is CC(C)COC(=O)C(C)/C=C(\C=S)C1=NC(C2CCc3cc(-c4cc(Cl)ccc4-n4cnnn4)cc(=O)n32)N(C)C1. The van der Waals surface area contributed by atoms with Crippen LogP contribution in [0.1, 0.15) is 38.9 Å². The summed E-state index contributed by atoms with van der Waals surface area (Å²) >= 11 is 11.6.